The van der Waals surface area contributed by atoms with Crippen LogP contribution in [0.2, 0.25) is 5.15 Å². The van der Waals surface area contributed by atoms with Gasteiger partial charge < -0.3 is 0 Å². The largest absolute Gasteiger partial charge is 0.294 e. The summed E-state index contributed by atoms with van der Waals surface area (Å²) in [5.41, 5.74) is 2.23. The molecule has 5 nitrogen and oxygen atoms in total. The van der Waals surface area contributed by atoms with Gasteiger partial charge in [-0.15, -0.1) is 11.8 Å². The maximum Gasteiger partial charge on any atom is 0.164 e. The number of hydrogen-bond acceptors (Lipinski definition) is 5. The molecule has 0 atom stereocenters. The van der Waals surface area contributed by atoms with Crippen LogP contribution >= 0.6 is 23.4 Å². The standard InChI is InChI=1S/C17H14ClN5S/c1-2-24-13-7-11(17(10-19)3-4-17)8-21-14(13)16-22-9-12-15(18)20-5-6-23(12)16/h5-9H,2-4H2,1H3. The molecule has 1 saturated carbocycles. The molecule has 3 heterocycles. The molecule has 0 aliphatic heterocycles. The van der Waals surface area contributed by atoms with Crippen molar-refractivity contribution in [2.45, 2.75) is 30.1 Å². The summed E-state index contributed by atoms with van der Waals surface area (Å²) in [4.78, 5) is 14.3. The average Bonchev–Trinajstić information content (AvgIpc) is 3.28. The van der Waals surface area contributed by atoms with Gasteiger partial charge in [-0.2, -0.15) is 5.26 Å². The molecular formula is C17H14ClN5S. The smallest absolute Gasteiger partial charge is 0.164 e. The number of imidazole rings is 1. The first-order valence-electron chi connectivity index (χ1n) is 7.71. The van der Waals surface area contributed by atoms with Gasteiger partial charge in [0.05, 0.1) is 17.7 Å². The van der Waals surface area contributed by atoms with Crippen LogP contribution in [0.4, 0.5) is 0 Å². The van der Waals surface area contributed by atoms with Crippen molar-refractivity contribution in [2.24, 2.45) is 0 Å². The monoisotopic (exact) mass is 355 g/mol. The number of nitrogens with zero attached hydrogens (tertiary/aromatic N) is 5. The molecule has 0 N–H and O–H groups in total. The first-order chi connectivity index (χ1) is 11.7. The lowest BCUT2D eigenvalue weighted by Crippen LogP contribution is -2.05. The maximum absolute atomic E-state index is 9.43. The van der Waals surface area contributed by atoms with Crippen molar-refractivity contribution < 1.29 is 0 Å². The number of fused-ring (bicyclic) bond motifs is 1. The Morgan fingerprint density at radius 2 is 2.17 bits per heavy atom. The van der Waals surface area contributed by atoms with Gasteiger partial charge in [0, 0.05) is 23.5 Å². The highest BCUT2D eigenvalue weighted by Crippen LogP contribution is 2.48. The highest BCUT2D eigenvalue weighted by atomic mass is 35.5. The van der Waals surface area contributed by atoms with E-state index in [0.29, 0.717) is 5.15 Å². The molecule has 7 heteroatoms. The third kappa shape index (κ3) is 2.36. The van der Waals surface area contributed by atoms with E-state index in [2.05, 4.69) is 34.0 Å². The van der Waals surface area contributed by atoms with E-state index in [1.165, 1.54) is 0 Å². The van der Waals surface area contributed by atoms with Crippen LogP contribution in [0.15, 0.2) is 35.7 Å². The second-order valence-electron chi connectivity index (χ2n) is 5.75. The first-order valence-corrected chi connectivity index (χ1v) is 9.07. The van der Waals surface area contributed by atoms with Gasteiger partial charge in [-0.3, -0.25) is 9.38 Å². The van der Waals surface area contributed by atoms with Gasteiger partial charge in [-0.05, 0) is 30.2 Å². The Kier molecular flexibility index (Phi) is 3.70. The van der Waals surface area contributed by atoms with Crippen LogP contribution in [0.25, 0.3) is 17.0 Å². The SMILES string of the molecule is CCSc1cc(C2(C#N)CC2)cnc1-c1ncc2c(Cl)nccn12. The van der Waals surface area contributed by atoms with Crippen molar-refractivity contribution in [2.75, 3.05) is 5.75 Å². The summed E-state index contributed by atoms with van der Waals surface area (Å²) in [6.45, 7) is 2.10. The lowest BCUT2D eigenvalue weighted by molar-refractivity contribution is 0.887. The van der Waals surface area contributed by atoms with E-state index in [1.54, 1.807) is 24.2 Å². The Balaban J connectivity index is 1.88. The molecule has 0 aromatic carbocycles. The molecule has 24 heavy (non-hydrogen) atoms. The lowest BCUT2D eigenvalue weighted by Gasteiger charge is -2.12. The fourth-order valence-electron chi connectivity index (χ4n) is 2.80. The third-order valence-electron chi connectivity index (χ3n) is 4.29. The number of rotatable bonds is 4. The predicted molar refractivity (Wildman–Crippen MR) is 94.2 cm³/mol. The van der Waals surface area contributed by atoms with Crippen molar-refractivity contribution in [1.82, 2.24) is 19.4 Å². The fourth-order valence-corrected chi connectivity index (χ4v) is 3.80. The molecule has 0 spiro atoms. The molecule has 3 aromatic heterocycles. The number of aromatic nitrogens is 4. The van der Waals surface area contributed by atoms with E-state index in [0.717, 1.165) is 46.1 Å². The van der Waals surface area contributed by atoms with Gasteiger partial charge in [0.2, 0.25) is 0 Å². The third-order valence-corrected chi connectivity index (χ3v) is 5.49. The van der Waals surface area contributed by atoms with Gasteiger partial charge in [-0.1, -0.05) is 18.5 Å². The minimum absolute atomic E-state index is 0.337. The van der Waals surface area contributed by atoms with Crippen molar-refractivity contribution in [3.63, 3.8) is 0 Å². The van der Waals surface area contributed by atoms with Crippen LogP contribution in [0.1, 0.15) is 25.3 Å². The van der Waals surface area contributed by atoms with Crippen molar-refractivity contribution in [3.05, 3.63) is 41.6 Å². The van der Waals surface area contributed by atoms with Crippen LogP contribution in [0, 0.1) is 11.3 Å². The van der Waals surface area contributed by atoms with Gasteiger partial charge in [0.15, 0.2) is 11.0 Å². The van der Waals surface area contributed by atoms with Gasteiger partial charge in [0.1, 0.15) is 11.2 Å². The van der Waals surface area contributed by atoms with E-state index < -0.39 is 0 Å². The zero-order chi connectivity index (χ0) is 16.7. The predicted octanol–water partition coefficient (Wildman–Crippen LogP) is 4.11. The van der Waals surface area contributed by atoms with E-state index >= 15 is 0 Å². The normalized spacial score (nSPS) is 15.4. The number of halogens is 1. The van der Waals surface area contributed by atoms with Crippen LogP contribution in [0.3, 0.4) is 0 Å². The molecule has 0 unspecified atom stereocenters. The summed E-state index contributed by atoms with van der Waals surface area (Å²) >= 11 is 7.84. The number of hydrogen-bond donors (Lipinski definition) is 0. The molecule has 3 aromatic rings. The highest BCUT2D eigenvalue weighted by molar-refractivity contribution is 7.99. The Morgan fingerprint density at radius 1 is 1.33 bits per heavy atom. The summed E-state index contributed by atoms with van der Waals surface area (Å²) in [5, 5.41) is 9.85. The first kappa shape index (κ1) is 15.4. The molecule has 0 radical (unpaired) electrons. The fraction of sp³-hybridized carbons (Fsp3) is 0.294. The zero-order valence-electron chi connectivity index (χ0n) is 13.0. The van der Waals surface area contributed by atoms with Gasteiger partial charge in [-0.25, -0.2) is 9.97 Å². The molecule has 120 valence electrons. The Morgan fingerprint density at radius 3 is 2.88 bits per heavy atom. The minimum atomic E-state index is -0.337. The van der Waals surface area contributed by atoms with Crippen LogP contribution < -0.4 is 0 Å². The molecule has 0 amide bonds. The Hall–Kier alpha value is -2.10. The molecule has 1 aliphatic carbocycles. The van der Waals surface area contributed by atoms with E-state index in [1.807, 2.05) is 16.8 Å². The van der Waals surface area contributed by atoms with Gasteiger partial charge >= 0.3 is 0 Å². The summed E-state index contributed by atoms with van der Waals surface area (Å²) in [5.74, 6) is 1.65. The van der Waals surface area contributed by atoms with Crippen molar-refractivity contribution in [3.8, 4) is 17.6 Å². The summed E-state index contributed by atoms with van der Waals surface area (Å²) in [6, 6.07) is 4.53. The van der Waals surface area contributed by atoms with Crippen LogP contribution in [0.5, 0.6) is 0 Å². The number of pyridine rings is 1. The molecule has 1 fully saturated rings. The second kappa shape index (κ2) is 5.76. The topological polar surface area (TPSA) is 66.9 Å². The Labute approximate surface area is 148 Å². The zero-order valence-corrected chi connectivity index (χ0v) is 14.6. The molecule has 0 bridgehead atoms. The maximum atomic E-state index is 9.43. The lowest BCUT2D eigenvalue weighted by atomic mass is 9.99. The molecule has 0 saturated heterocycles. The molecular weight excluding hydrogens is 342 g/mol. The van der Waals surface area contributed by atoms with Gasteiger partial charge in [0.25, 0.3) is 0 Å². The number of nitriles is 1. The molecule has 1 aliphatic rings. The number of thioether (sulfide) groups is 1. The van der Waals surface area contributed by atoms with Crippen LogP contribution in [-0.4, -0.2) is 25.1 Å². The highest BCUT2D eigenvalue weighted by Gasteiger charge is 2.45. The van der Waals surface area contributed by atoms with E-state index in [9.17, 15) is 5.26 Å². The quantitative estimate of drug-likeness (QED) is 0.659. The van der Waals surface area contributed by atoms with E-state index in [-0.39, 0.29) is 5.41 Å². The molecule has 4 rings (SSSR count). The van der Waals surface area contributed by atoms with Crippen LogP contribution in [-0.2, 0) is 5.41 Å². The minimum Gasteiger partial charge on any atom is -0.294 e. The summed E-state index contributed by atoms with van der Waals surface area (Å²) < 4.78 is 1.90. The summed E-state index contributed by atoms with van der Waals surface area (Å²) in [7, 11) is 0. The summed E-state index contributed by atoms with van der Waals surface area (Å²) in [6.07, 6.45) is 8.82. The van der Waals surface area contributed by atoms with Crippen molar-refractivity contribution >= 4 is 28.9 Å². The second-order valence-corrected chi connectivity index (χ2v) is 7.42. The van der Waals surface area contributed by atoms with Crippen molar-refractivity contribution in [1.29, 1.82) is 5.26 Å². The van der Waals surface area contributed by atoms with E-state index in [4.69, 9.17) is 11.6 Å². The Bertz CT molecular complexity index is 971. The average molecular weight is 356 g/mol.